The first kappa shape index (κ1) is 14.6. The Bertz CT molecular complexity index is 601. The van der Waals surface area contributed by atoms with E-state index in [-0.39, 0.29) is 11.7 Å². The fourth-order valence-corrected chi connectivity index (χ4v) is 2.37. The van der Waals surface area contributed by atoms with Crippen LogP contribution in [-0.4, -0.2) is 27.0 Å². The predicted molar refractivity (Wildman–Crippen MR) is 70.8 cm³/mol. The average Bonchev–Trinajstić information content (AvgIpc) is 2.76. The molecule has 0 aliphatic carbocycles. The van der Waals surface area contributed by atoms with Crippen molar-refractivity contribution in [2.45, 2.75) is 25.3 Å². The molecule has 0 amide bonds. The van der Waals surface area contributed by atoms with Gasteiger partial charge in [-0.25, -0.2) is 4.79 Å². The highest BCUT2D eigenvalue weighted by Crippen LogP contribution is 2.41. The minimum Gasteiger partial charge on any atom is -0.393 e. The van der Waals surface area contributed by atoms with Crippen molar-refractivity contribution in [1.29, 1.82) is 0 Å². The van der Waals surface area contributed by atoms with Crippen molar-refractivity contribution in [3.63, 3.8) is 0 Å². The first-order valence-electron chi connectivity index (χ1n) is 5.86. The molecule has 0 bridgehead atoms. The van der Waals surface area contributed by atoms with Gasteiger partial charge in [0.15, 0.2) is 5.72 Å². The number of aliphatic hydroxyl groups is 1. The maximum atomic E-state index is 11.9. The molecular weight excluding hydrogens is 288 g/mol. The molecule has 20 heavy (non-hydrogen) atoms. The van der Waals surface area contributed by atoms with Gasteiger partial charge in [0.2, 0.25) is 0 Å². The Morgan fingerprint density at radius 2 is 2.60 bits per heavy atom. The van der Waals surface area contributed by atoms with E-state index in [0.717, 1.165) is 0 Å². The van der Waals surface area contributed by atoms with Crippen LogP contribution in [0, 0.1) is 5.92 Å². The largest absolute Gasteiger partial charge is 0.393 e. The van der Waals surface area contributed by atoms with Crippen LogP contribution in [0.15, 0.2) is 22.2 Å². The van der Waals surface area contributed by atoms with E-state index in [2.05, 4.69) is 19.8 Å². The van der Waals surface area contributed by atoms with Crippen LogP contribution in [0.3, 0.4) is 0 Å². The van der Waals surface area contributed by atoms with E-state index >= 15 is 0 Å². The molecule has 1 aliphatic heterocycles. The molecule has 1 aromatic heterocycles. The van der Waals surface area contributed by atoms with Crippen LogP contribution < -0.4 is 10.5 Å². The van der Waals surface area contributed by atoms with Crippen molar-refractivity contribution in [3.05, 3.63) is 33.2 Å². The molecule has 9 nitrogen and oxygen atoms in total. The van der Waals surface area contributed by atoms with Crippen LogP contribution in [0.2, 0.25) is 0 Å². The van der Waals surface area contributed by atoms with Crippen LogP contribution >= 0.6 is 11.8 Å². The van der Waals surface area contributed by atoms with Gasteiger partial charge in [-0.05, 0) is 18.0 Å². The summed E-state index contributed by atoms with van der Waals surface area (Å²) in [5.74, 6) is 0.0870. The predicted octanol–water partition coefficient (Wildman–Crippen LogP) is 1.36. The molecule has 1 aliphatic rings. The number of aromatic nitrogens is 2. The van der Waals surface area contributed by atoms with Crippen molar-refractivity contribution in [2.75, 3.05) is 11.4 Å². The Labute approximate surface area is 118 Å². The van der Waals surface area contributed by atoms with Gasteiger partial charge in [-0.15, -0.1) is 0 Å². The van der Waals surface area contributed by atoms with E-state index < -0.39 is 24.2 Å². The number of ether oxygens (including phenoxy) is 1. The van der Waals surface area contributed by atoms with Crippen LogP contribution in [0.4, 0.5) is 5.82 Å². The van der Waals surface area contributed by atoms with Gasteiger partial charge < -0.3 is 9.84 Å². The molecule has 2 rings (SSSR count). The van der Waals surface area contributed by atoms with E-state index in [9.17, 15) is 9.90 Å². The molecule has 1 aromatic rings. The lowest BCUT2D eigenvalue weighted by atomic mass is 10.0. The molecule has 0 aromatic carbocycles. The van der Waals surface area contributed by atoms with Crippen molar-refractivity contribution in [1.82, 2.24) is 9.55 Å². The summed E-state index contributed by atoms with van der Waals surface area (Å²) >= 11 is 5.37. The molecule has 2 heterocycles. The Morgan fingerprint density at radius 1 is 1.85 bits per heavy atom. The Morgan fingerprint density at radius 3 is 3.15 bits per heavy atom. The minimum absolute atomic E-state index is 0.137. The van der Waals surface area contributed by atoms with E-state index in [0.29, 0.717) is 6.42 Å². The minimum atomic E-state index is -1.35. The van der Waals surface area contributed by atoms with Crippen molar-refractivity contribution >= 4 is 17.6 Å². The number of hydrogen-bond donors (Lipinski definition) is 2. The fraction of sp³-hybridized carbons (Fsp3) is 0.600. The summed E-state index contributed by atoms with van der Waals surface area (Å²) < 4.78 is 6.86. The summed E-state index contributed by atoms with van der Waals surface area (Å²) in [6, 6.07) is 1.51. The molecule has 1 unspecified atom stereocenters. The van der Waals surface area contributed by atoms with Gasteiger partial charge in [0.05, 0.1) is 6.61 Å². The number of azide groups is 1. The molecule has 0 spiro atoms. The van der Waals surface area contributed by atoms with Gasteiger partial charge >= 0.3 is 5.69 Å². The third-order valence-corrected chi connectivity index (χ3v) is 3.34. The topological polar surface area (TPSA) is 125 Å². The van der Waals surface area contributed by atoms with E-state index in [4.69, 9.17) is 22.0 Å². The summed E-state index contributed by atoms with van der Waals surface area (Å²) in [7, 11) is 0. The highest BCUT2D eigenvalue weighted by atomic mass is 35.5. The maximum absolute atomic E-state index is 11.9. The lowest BCUT2D eigenvalue weighted by molar-refractivity contribution is -0.0993. The molecule has 1 fully saturated rings. The van der Waals surface area contributed by atoms with E-state index in [1.54, 1.807) is 0 Å². The first-order chi connectivity index (χ1) is 9.55. The molecule has 0 saturated carbocycles. The number of aliphatic hydroxyl groups excluding tert-OH is 1. The van der Waals surface area contributed by atoms with Crippen molar-refractivity contribution in [2.24, 2.45) is 11.0 Å². The second kappa shape index (κ2) is 5.68. The third kappa shape index (κ3) is 2.56. The monoisotopic (exact) mass is 300 g/mol. The zero-order chi connectivity index (χ0) is 14.8. The third-order valence-electron chi connectivity index (χ3n) is 3.14. The molecule has 0 radical (unpaired) electrons. The lowest BCUT2D eigenvalue weighted by Crippen LogP contribution is -2.33. The highest BCUT2D eigenvalue weighted by Gasteiger charge is 2.45. The van der Waals surface area contributed by atoms with Crippen LogP contribution in [0.25, 0.3) is 10.4 Å². The summed E-state index contributed by atoms with van der Waals surface area (Å²) in [6.07, 6.45) is 1.11. The van der Waals surface area contributed by atoms with Gasteiger partial charge in [-0.3, -0.25) is 9.40 Å². The number of anilines is 1. The highest BCUT2D eigenvalue weighted by molar-refractivity contribution is 6.23. The summed E-state index contributed by atoms with van der Waals surface area (Å²) in [4.78, 5) is 20.5. The Balaban J connectivity index is 2.35. The van der Waals surface area contributed by atoms with Crippen LogP contribution in [-0.2, 0) is 4.74 Å². The molecule has 2 N–H and O–H groups in total. The van der Waals surface area contributed by atoms with Gasteiger partial charge in [0, 0.05) is 28.8 Å². The van der Waals surface area contributed by atoms with E-state index in [1.165, 1.54) is 16.8 Å². The normalized spacial score (nSPS) is 28.9. The van der Waals surface area contributed by atoms with Crippen molar-refractivity contribution < 1.29 is 9.84 Å². The number of halogens is 1. The lowest BCUT2D eigenvalue weighted by Gasteiger charge is -2.22. The zero-order valence-corrected chi connectivity index (χ0v) is 11.4. The maximum Gasteiger partial charge on any atom is 0.351 e. The average molecular weight is 301 g/mol. The van der Waals surface area contributed by atoms with Crippen LogP contribution in [0.1, 0.15) is 19.6 Å². The van der Waals surface area contributed by atoms with E-state index in [1.807, 2.05) is 6.92 Å². The van der Waals surface area contributed by atoms with Crippen LogP contribution in [0.5, 0.6) is 0 Å². The smallest absolute Gasteiger partial charge is 0.351 e. The molecule has 108 valence electrons. The van der Waals surface area contributed by atoms with Crippen molar-refractivity contribution in [3.8, 4) is 0 Å². The Hall–Kier alpha value is -1.80. The summed E-state index contributed by atoms with van der Waals surface area (Å²) in [5.41, 5.74) is 6.65. The molecular formula is C10H13ClN6O3. The number of hydrogen-bond acceptors (Lipinski definition) is 6. The van der Waals surface area contributed by atoms with Gasteiger partial charge in [0.1, 0.15) is 12.0 Å². The van der Waals surface area contributed by atoms with Gasteiger partial charge in [-0.2, -0.15) is 4.98 Å². The number of nitrogens with one attached hydrogen (secondary N) is 1. The molecule has 1 saturated heterocycles. The first-order valence-corrected chi connectivity index (χ1v) is 6.24. The number of nitrogens with zero attached hydrogens (tertiary/aromatic N) is 5. The summed E-state index contributed by atoms with van der Waals surface area (Å²) in [6.45, 7) is 1.37. The van der Waals surface area contributed by atoms with Gasteiger partial charge in [-0.1, -0.05) is 12.0 Å². The van der Waals surface area contributed by atoms with Gasteiger partial charge in [0.25, 0.3) is 0 Å². The quantitative estimate of drug-likeness (QED) is 0.376. The molecule has 10 heteroatoms. The SMILES string of the molecule is C[C@H]1C[C@](CO)(N=[N+]=[N-])OC1n1ccc(NCl)nc1=O. The fourth-order valence-electron chi connectivity index (χ4n) is 2.26. The second-order valence-electron chi connectivity index (χ2n) is 4.58. The number of rotatable bonds is 4. The zero-order valence-electron chi connectivity index (χ0n) is 10.6. The summed E-state index contributed by atoms with van der Waals surface area (Å²) in [5, 5.41) is 12.9. The molecule has 3 atom stereocenters. The standard InChI is InChI=1S/C10H13ClN6O3/c1-6-4-10(5-18,15-16-12)20-8(6)17-3-2-7(14-11)13-9(17)19/h2-3,6,8,18H,4-5H2,1H3,(H,13,14,19)/t6-,8?,10-/m0/s1. The second-order valence-corrected chi connectivity index (χ2v) is 4.77. The Kier molecular flexibility index (Phi) is 4.15.